The second-order valence-corrected chi connectivity index (χ2v) is 9.01. The topological polar surface area (TPSA) is 102 Å². The van der Waals surface area contributed by atoms with Gasteiger partial charge in [0.1, 0.15) is 17.6 Å². The molecule has 0 spiro atoms. The molecule has 0 radical (unpaired) electrons. The van der Waals surface area contributed by atoms with Gasteiger partial charge < -0.3 is 9.47 Å². The van der Waals surface area contributed by atoms with Gasteiger partial charge >= 0.3 is 6.18 Å². The summed E-state index contributed by atoms with van der Waals surface area (Å²) in [6.07, 6.45) is 2.44. The van der Waals surface area contributed by atoms with E-state index in [1.807, 2.05) is 29.0 Å². The van der Waals surface area contributed by atoms with Crippen molar-refractivity contribution in [1.29, 1.82) is 10.8 Å². The summed E-state index contributed by atoms with van der Waals surface area (Å²) in [5.74, 6) is -0.0953. The van der Waals surface area contributed by atoms with Crippen LogP contribution in [0.2, 0.25) is 0 Å². The molecule has 1 aliphatic carbocycles. The molecule has 0 bridgehead atoms. The number of carbonyl (C=O) groups is 1. The Kier molecular flexibility index (Phi) is 5.85. The second kappa shape index (κ2) is 8.89. The van der Waals surface area contributed by atoms with Crippen LogP contribution in [0.1, 0.15) is 53.0 Å². The van der Waals surface area contributed by atoms with Crippen LogP contribution in [0.25, 0.3) is 5.69 Å². The lowest BCUT2D eigenvalue weighted by molar-refractivity contribution is -0.160. The Hall–Kier alpha value is -4.02. The number of anilines is 1. The number of amidine groups is 1. The van der Waals surface area contributed by atoms with Crippen molar-refractivity contribution in [3.63, 3.8) is 0 Å². The third-order valence-corrected chi connectivity index (χ3v) is 6.61. The lowest BCUT2D eigenvalue weighted by atomic mass is 9.98. The Bertz CT molecular complexity index is 1350. The number of alkyl halides is 3. The van der Waals surface area contributed by atoms with E-state index < -0.39 is 18.1 Å². The molecule has 36 heavy (non-hydrogen) atoms. The van der Waals surface area contributed by atoms with Gasteiger partial charge in [0.05, 0.1) is 18.4 Å². The lowest BCUT2D eigenvalue weighted by Crippen LogP contribution is -2.46. The van der Waals surface area contributed by atoms with Crippen LogP contribution in [-0.2, 0) is 6.42 Å². The molecule has 1 amide bonds. The highest BCUT2D eigenvalue weighted by Crippen LogP contribution is 2.39. The van der Waals surface area contributed by atoms with E-state index >= 15 is 0 Å². The van der Waals surface area contributed by atoms with Gasteiger partial charge in [0, 0.05) is 29.9 Å². The molecule has 0 saturated heterocycles. The van der Waals surface area contributed by atoms with E-state index in [2.05, 4.69) is 9.97 Å². The number of nitrogens with zero attached hydrogens (tertiary/aromatic N) is 5. The number of nitrogens with one attached hydrogen (secondary N) is 2. The van der Waals surface area contributed by atoms with Gasteiger partial charge in [-0.05, 0) is 56.0 Å². The van der Waals surface area contributed by atoms with Gasteiger partial charge in [-0.1, -0.05) is 12.1 Å². The van der Waals surface area contributed by atoms with Crippen molar-refractivity contribution in [3.8, 4) is 5.69 Å². The van der Waals surface area contributed by atoms with E-state index in [1.165, 1.54) is 17.0 Å². The average molecular weight is 496 g/mol. The predicted octanol–water partition coefficient (Wildman–Crippen LogP) is 4.53. The Morgan fingerprint density at radius 2 is 2.03 bits per heavy atom. The molecular formula is C25H24F3N7O. The molecule has 1 unspecified atom stereocenters. The summed E-state index contributed by atoms with van der Waals surface area (Å²) in [4.78, 5) is 24.2. The molecule has 2 aromatic heterocycles. The third kappa shape index (κ3) is 4.36. The van der Waals surface area contributed by atoms with Crippen LogP contribution in [0.15, 0.2) is 48.9 Å². The summed E-state index contributed by atoms with van der Waals surface area (Å²) in [6, 6.07) is 8.14. The number of benzene rings is 1. The minimum absolute atomic E-state index is 0.0644. The number of fused-ring (bicyclic) bond motifs is 1. The van der Waals surface area contributed by atoms with Crippen molar-refractivity contribution in [1.82, 2.24) is 19.4 Å². The Morgan fingerprint density at radius 1 is 1.25 bits per heavy atom. The van der Waals surface area contributed by atoms with Crippen LogP contribution >= 0.6 is 0 Å². The minimum Gasteiger partial charge on any atom is -0.306 e. The van der Waals surface area contributed by atoms with Gasteiger partial charge in [-0.25, -0.2) is 9.97 Å². The zero-order chi connectivity index (χ0) is 25.6. The first-order chi connectivity index (χ1) is 17.2. The first kappa shape index (κ1) is 23.7. The fraction of sp³-hybridized carbons (Fsp3) is 0.320. The molecule has 3 aromatic rings. The molecule has 8 nitrogen and oxygen atoms in total. The first-order valence-corrected chi connectivity index (χ1v) is 11.6. The summed E-state index contributed by atoms with van der Waals surface area (Å²) in [7, 11) is 0. The van der Waals surface area contributed by atoms with E-state index in [0.29, 0.717) is 35.7 Å². The molecular weight excluding hydrogens is 471 g/mol. The minimum atomic E-state index is -4.62. The fourth-order valence-corrected chi connectivity index (χ4v) is 4.27. The Labute approximate surface area is 205 Å². The maximum absolute atomic E-state index is 13.4. The van der Waals surface area contributed by atoms with Crippen LogP contribution in [0.3, 0.4) is 0 Å². The number of pyridine rings is 1. The number of rotatable bonds is 6. The Morgan fingerprint density at radius 3 is 2.72 bits per heavy atom. The number of imidazole rings is 1. The van der Waals surface area contributed by atoms with Crippen molar-refractivity contribution < 1.29 is 18.0 Å². The van der Waals surface area contributed by atoms with Gasteiger partial charge in [-0.3, -0.25) is 20.5 Å². The summed E-state index contributed by atoms with van der Waals surface area (Å²) in [5.41, 5.74) is 3.22. The molecule has 5 rings (SSSR count). The maximum atomic E-state index is 13.4. The van der Waals surface area contributed by atoms with Crippen molar-refractivity contribution in [2.75, 3.05) is 11.4 Å². The van der Waals surface area contributed by atoms with Crippen LogP contribution in [0, 0.1) is 10.8 Å². The third-order valence-electron chi connectivity index (χ3n) is 6.61. The first-order valence-electron chi connectivity index (χ1n) is 11.6. The summed E-state index contributed by atoms with van der Waals surface area (Å²) < 4.78 is 41.5. The normalized spacial score (nSPS) is 16.4. The SMILES string of the molecule is CC(N(C=N)C(=N)c1cccc(N2CCc3ccc(-n4cnc(C5CC5)c4)cc3C2=O)n1)C(F)(F)F. The number of halogens is 3. The van der Waals surface area contributed by atoms with Gasteiger partial charge in [-0.2, -0.15) is 13.2 Å². The van der Waals surface area contributed by atoms with Crippen molar-refractivity contribution >= 4 is 23.9 Å². The number of hydrogen-bond donors (Lipinski definition) is 2. The van der Waals surface area contributed by atoms with Gasteiger partial charge in [0.15, 0.2) is 5.84 Å². The predicted molar refractivity (Wildman–Crippen MR) is 128 cm³/mol. The molecule has 2 N–H and O–H groups in total. The molecule has 3 heterocycles. The second-order valence-electron chi connectivity index (χ2n) is 9.01. The highest BCUT2D eigenvalue weighted by molar-refractivity contribution is 6.08. The number of carbonyl (C=O) groups excluding carboxylic acids is 1. The van der Waals surface area contributed by atoms with Crippen LogP contribution in [-0.4, -0.2) is 56.3 Å². The summed E-state index contributed by atoms with van der Waals surface area (Å²) in [5, 5.41) is 15.6. The largest absolute Gasteiger partial charge is 0.408 e. The van der Waals surface area contributed by atoms with Crippen LogP contribution in [0.5, 0.6) is 0 Å². The summed E-state index contributed by atoms with van der Waals surface area (Å²) >= 11 is 0. The molecule has 1 saturated carbocycles. The van der Waals surface area contributed by atoms with Gasteiger partial charge in [0.25, 0.3) is 5.91 Å². The smallest absolute Gasteiger partial charge is 0.306 e. The number of aromatic nitrogens is 3. The highest BCUT2D eigenvalue weighted by Gasteiger charge is 2.41. The van der Waals surface area contributed by atoms with Crippen molar-refractivity contribution in [2.45, 2.75) is 44.3 Å². The maximum Gasteiger partial charge on any atom is 0.408 e. The molecule has 2 aliphatic rings. The molecule has 1 atom stereocenters. The Balaban J connectivity index is 1.41. The van der Waals surface area contributed by atoms with Crippen molar-refractivity contribution in [2.24, 2.45) is 0 Å². The molecule has 1 aromatic carbocycles. The van der Waals surface area contributed by atoms with E-state index in [9.17, 15) is 18.0 Å². The van der Waals surface area contributed by atoms with Crippen LogP contribution in [0.4, 0.5) is 19.0 Å². The molecule has 186 valence electrons. The fourth-order valence-electron chi connectivity index (χ4n) is 4.27. The van der Waals surface area contributed by atoms with Crippen molar-refractivity contribution in [3.05, 3.63) is 71.4 Å². The van der Waals surface area contributed by atoms with E-state index in [4.69, 9.17) is 10.8 Å². The average Bonchev–Trinajstić information content (AvgIpc) is 3.60. The van der Waals surface area contributed by atoms with Gasteiger partial charge in [0.2, 0.25) is 0 Å². The summed E-state index contributed by atoms with van der Waals surface area (Å²) in [6.45, 7) is 1.22. The van der Waals surface area contributed by atoms with E-state index in [-0.39, 0.29) is 17.4 Å². The number of hydrogen-bond acceptors (Lipinski definition) is 5. The highest BCUT2D eigenvalue weighted by atomic mass is 19.4. The van der Waals surface area contributed by atoms with E-state index in [1.54, 1.807) is 12.4 Å². The zero-order valence-electron chi connectivity index (χ0n) is 19.5. The lowest BCUT2D eigenvalue weighted by Gasteiger charge is -2.30. The van der Waals surface area contributed by atoms with Crippen LogP contribution < -0.4 is 4.90 Å². The van der Waals surface area contributed by atoms with Gasteiger partial charge in [-0.15, -0.1) is 0 Å². The molecule has 1 aliphatic heterocycles. The molecule has 11 heteroatoms. The zero-order valence-corrected chi connectivity index (χ0v) is 19.5. The number of amides is 1. The monoisotopic (exact) mass is 495 g/mol. The molecule has 1 fully saturated rings. The van der Waals surface area contributed by atoms with E-state index in [0.717, 1.165) is 36.7 Å². The standard InChI is InChI=1S/C25H24F3N7O/c1-15(25(26,27)28)35(13-29)23(30)20-3-2-4-22(32-20)34-10-9-16-7-8-18(11-19(16)24(34)36)33-12-21(31-14-33)17-5-6-17/h2-4,7-8,11-15,17,29-30H,5-6,9-10H2,1H3. The quantitative estimate of drug-likeness (QED) is 0.387.